The highest BCUT2D eigenvalue weighted by atomic mass is 32.2. The molecule has 1 aromatic heterocycles. The minimum absolute atomic E-state index is 0.0160. The number of benzene rings is 1. The van der Waals surface area contributed by atoms with Gasteiger partial charge in [0.15, 0.2) is 5.16 Å². The van der Waals surface area contributed by atoms with Gasteiger partial charge in [-0.15, -0.1) is 0 Å². The van der Waals surface area contributed by atoms with Gasteiger partial charge in [-0.3, -0.25) is 0 Å². The molecule has 19 heavy (non-hydrogen) atoms. The van der Waals surface area contributed by atoms with Gasteiger partial charge in [-0.05, 0) is 12.1 Å². The Balaban J connectivity index is 2.09. The number of hydrogen-bond donors (Lipinski definition) is 3. The number of imidazole rings is 1. The molecule has 1 aromatic carbocycles. The maximum Gasteiger partial charge on any atom is 0.166 e. The van der Waals surface area contributed by atoms with Crippen LogP contribution in [0.25, 0.3) is 11.0 Å². The fourth-order valence-corrected chi connectivity index (χ4v) is 2.47. The van der Waals surface area contributed by atoms with Gasteiger partial charge < -0.3 is 20.7 Å². The second-order valence-electron chi connectivity index (χ2n) is 4.16. The van der Waals surface area contributed by atoms with Gasteiger partial charge in [-0.25, -0.2) is 4.98 Å². The van der Waals surface area contributed by atoms with E-state index in [4.69, 9.17) is 15.7 Å². The van der Waals surface area contributed by atoms with Crippen molar-refractivity contribution in [3.8, 4) is 5.75 Å². The Bertz CT molecular complexity index is 596. The van der Waals surface area contributed by atoms with E-state index >= 15 is 0 Å². The van der Waals surface area contributed by atoms with Crippen molar-refractivity contribution in [2.75, 3.05) is 12.9 Å². The van der Waals surface area contributed by atoms with Crippen molar-refractivity contribution in [2.24, 2.45) is 16.8 Å². The number of methoxy groups -OCH3 is 1. The average Bonchev–Trinajstić information content (AvgIpc) is 2.85. The summed E-state index contributed by atoms with van der Waals surface area (Å²) in [6, 6.07) is 5.68. The third-order valence-electron chi connectivity index (χ3n) is 2.76. The second-order valence-corrected chi connectivity index (χ2v) is 5.17. The molecule has 0 aliphatic heterocycles. The zero-order valence-corrected chi connectivity index (χ0v) is 11.6. The monoisotopic (exact) mass is 280 g/mol. The van der Waals surface area contributed by atoms with Gasteiger partial charge in [0.25, 0.3) is 0 Å². The molecule has 0 saturated heterocycles. The number of rotatable bonds is 5. The van der Waals surface area contributed by atoms with E-state index in [1.807, 2.05) is 25.1 Å². The van der Waals surface area contributed by atoms with Gasteiger partial charge in [-0.1, -0.05) is 23.8 Å². The number of ether oxygens (including phenoxy) is 1. The maximum atomic E-state index is 8.59. The predicted octanol–water partition coefficient (Wildman–Crippen LogP) is 2.05. The van der Waals surface area contributed by atoms with E-state index in [1.165, 1.54) is 11.8 Å². The normalized spacial score (nSPS) is 13.7. The number of nitrogens with one attached hydrogen (secondary N) is 1. The van der Waals surface area contributed by atoms with E-state index in [9.17, 15) is 0 Å². The fourth-order valence-electron chi connectivity index (χ4n) is 1.55. The molecule has 1 unspecified atom stereocenters. The Kier molecular flexibility index (Phi) is 4.16. The van der Waals surface area contributed by atoms with Crippen molar-refractivity contribution in [3.63, 3.8) is 0 Å². The van der Waals surface area contributed by atoms with Gasteiger partial charge >= 0.3 is 0 Å². The number of nitrogens with zero attached hydrogens (tertiary/aromatic N) is 2. The largest absolute Gasteiger partial charge is 0.497 e. The van der Waals surface area contributed by atoms with E-state index in [1.54, 1.807) is 7.11 Å². The molecule has 0 aliphatic carbocycles. The summed E-state index contributed by atoms with van der Waals surface area (Å²) in [6.45, 7) is 1.90. The van der Waals surface area contributed by atoms with Gasteiger partial charge in [-0.2, -0.15) is 0 Å². The number of amidine groups is 1. The van der Waals surface area contributed by atoms with E-state index < -0.39 is 0 Å². The molecule has 0 amide bonds. The lowest BCUT2D eigenvalue weighted by Crippen LogP contribution is -2.22. The third kappa shape index (κ3) is 3.11. The molecule has 2 rings (SSSR count). The van der Waals surface area contributed by atoms with Crippen LogP contribution >= 0.6 is 11.8 Å². The summed E-state index contributed by atoms with van der Waals surface area (Å²) < 4.78 is 5.16. The quantitative estimate of drug-likeness (QED) is 0.256. The maximum absolute atomic E-state index is 8.59. The molecule has 0 fully saturated rings. The number of thioether (sulfide) groups is 1. The summed E-state index contributed by atoms with van der Waals surface area (Å²) in [5, 5.41) is 12.4. The number of nitrogens with two attached hydrogens (primary N) is 1. The molecule has 1 heterocycles. The molecule has 0 bridgehead atoms. The van der Waals surface area contributed by atoms with Gasteiger partial charge in [0, 0.05) is 17.7 Å². The van der Waals surface area contributed by atoms with Crippen LogP contribution in [0, 0.1) is 5.92 Å². The van der Waals surface area contributed by atoms with E-state index in [0.717, 1.165) is 21.9 Å². The van der Waals surface area contributed by atoms with Crippen LogP contribution in [0.3, 0.4) is 0 Å². The molecule has 0 aliphatic rings. The molecule has 2 aromatic rings. The van der Waals surface area contributed by atoms with Crippen LogP contribution in [0.2, 0.25) is 0 Å². The van der Waals surface area contributed by atoms with Crippen LogP contribution in [-0.2, 0) is 0 Å². The van der Waals surface area contributed by atoms with Crippen molar-refractivity contribution < 1.29 is 9.94 Å². The first-order valence-electron chi connectivity index (χ1n) is 5.78. The molecular formula is C12H16N4O2S. The van der Waals surface area contributed by atoms with Crippen LogP contribution in [0.4, 0.5) is 0 Å². The van der Waals surface area contributed by atoms with Crippen molar-refractivity contribution in [3.05, 3.63) is 18.2 Å². The lowest BCUT2D eigenvalue weighted by Gasteiger charge is -2.06. The van der Waals surface area contributed by atoms with Gasteiger partial charge in [0.05, 0.1) is 18.1 Å². The lowest BCUT2D eigenvalue weighted by atomic mass is 10.2. The summed E-state index contributed by atoms with van der Waals surface area (Å²) in [5.41, 5.74) is 7.35. The molecule has 0 spiro atoms. The summed E-state index contributed by atoms with van der Waals surface area (Å²) in [6.07, 6.45) is 0. The summed E-state index contributed by atoms with van der Waals surface area (Å²) >= 11 is 1.53. The van der Waals surface area contributed by atoms with Gasteiger partial charge in [0.2, 0.25) is 0 Å². The van der Waals surface area contributed by atoms with Crippen LogP contribution < -0.4 is 10.5 Å². The number of oxime groups is 1. The highest BCUT2D eigenvalue weighted by Gasteiger charge is 2.10. The standard InChI is InChI=1S/C12H16N4O2S/c1-7(11(13)16-17)6-19-12-14-9-4-3-8(18-2)5-10(9)15-12/h3-5,7,17H,6H2,1-2H3,(H2,13,16)(H,14,15). The fraction of sp³-hybridized carbons (Fsp3) is 0.333. The Morgan fingerprint density at radius 1 is 1.63 bits per heavy atom. The first kappa shape index (κ1) is 13.5. The molecule has 4 N–H and O–H groups in total. The first-order valence-corrected chi connectivity index (χ1v) is 6.76. The Hall–Kier alpha value is -1.89. The van der Waals surface area contributed by atoms with E-state index in [2.05, 4.69) is 15.1 Å². The molecule has 102 valence electrons. The summed E-state index contributed by atoms with van der Waals surface area (Å²) in [7, 11) is 1.63. The Labute approximate surface area is 115 Å². The topological polar surface area (TPSA) is 96.5 Å². The minimum atomic E-state index is -0.0160. The molecule has 1 atom stereocenters. The zero-order valence-electron chi connectivity index (χ0n) is 10.8. The predicted molar refractivity (Wildman–Crippen MR) is 75.9 cm³/mol. The second kappa shape index (κ2) is 5.83. The minimum Gasteiger partial charge on any atom is -0.497 e. The van der Waals surface area contributed by atoms with E-state index in [-0.39, 0.29) is 11.8 Å². The Morgan fingerprint density at radius 2 is 2.42 bits per heavy atom. The lowest BCUT2D eigenvalue weighted by molar-refractivity contribution is 0.315. The number of aromatic nitrogens is 2. The SMILES string of the molecule is COc1ccc2nc(SCC(C)/C(N)=N/O)[nH]c2c1. The number of fused-ring (bicyclic) bond motifs is 1. The number of hydrogen-bond acceptors (Lipinski definition) is 5. The zero-order chi connectivity index (χ0) is 13.8. The molecule has 7 heteroatoms. The first-order chi connectivity index (χ1) is 9.13. The van der Waals surface area contributed by atoms with Crippen molar-refractivity contribution in [2.45, 2.75) is 12.1 Å². The summed E-state index contributed by atoms with van der Waals surface area (Å²) in [4.78, 5) is 7.67. The van der Waals surface area contributed by atoms with Crippen LogP contribution in [0.15, 0.2) is 28.5 Å². The highest BCUT2D eigenvalue weighted by Crippen LogP contribution is 2.24. The molecule has 0 saturated carbocycles. The highest BCUT2D eigenvalue weighted by molar-refractivity contribution is 7.99. The van der Waals surface area contributed by atoms with Crippen LogP contribution in [0.1, 0.15) is 6.92 Å². The van der Waals surface area contributed by atoms with Crippen LogP contribution in [0.5, 0.6) is 5.75 Å². The number of aromatic amines is 1. The van der Waals surface area contributed by atoms with Gasteiger partial charge in [0.1, 0.15) is 11.6 Å². The van der Waals surface area contributed by atoms with Crippen molar-refractivity contribution in [1.29, 1.82) is 0 Å². The average molecular weight is 280 g/mol. The van der Waals surface area contributed by atoms with Crippen LogP contribution in [-0.4, -0.2) is 33.9 Å². The molecule has 6 nitrogen and oxygen atoms in total. The van der Waals surface area contributed by atoms with E-state index in [0.29, 0.717) is 5.75 Å². The smallest absolute Gasteiger partial charge is 0.166 e. The Morgan fingerprint density at radius 3 is 3.11 bits per heavy atom. The van der Waals surface area contributed by atoms with Crippen molar-refractivity contribution >= 4 is 28.6 Å². The molecule has 0 radical (unpaired) electrons. The third-order valence-corrected chi connectivity index (χ3v) is 3.89. The number of H-pyrrole nitrogens is 1. The molecular weight excluding hydrogens is 264 g/mol. The summed E-state index contributed by atoms with van der Waals surface area (Å²) in [5.74, 6) is 1.69. The van der Waals surface area contributed by atoms with Crippen molar-refractivity contribution in [1.82, 2.24) is 9.97 Å².